The van der Waals surface area contributed by atoms with Crippen LogP contribution in [0.1, 0.15) is 35.6 Å². The summed E-state index contributed by atoms with van der Waals surface area (Å²) in [7, 11) is 0. The standard InChI is InChI=1S/C24H23Cl2NO5/c1-3-30-21(28)7-5-16-10-17-14(2)8-22(29)32-24(17)18-12-27(13-31-23(16)18)11-15-4-6-19(25)20(26)9-15/h4,6,8-10H,3,5,7,11-13H2,1-2H3. The molecule has 1 aromatic heterocycles. The highest BCUT2D eigenvalue weighted by Gasteiger charge is 2.26. The molecule has 0 spiro atoms. The molecule has 0 amide bonds. The number of rotatable bonds is 6. The molecule has 0 radical (unpaired) electrons. The summed E-state index contributed by atoms with van der Waals surface area (Å²) >= 11 is 12.2. The summed E-state index contributed by atoms with van der Waals surface area (Å²) in [4.78, 5) is 26.1. The third-order valence-electron chi connectivity index (χ3n) is 5.43. The molecule has 1 aliphatic rings. The average molecular weight is 476 g/mol. The van der Waals surface area contributed by atoms with E-state index in [1.165, 1.54) is 6.07 Å². The summed E-state index contributed by atoms with van der Waals surface area (Å²) in [5, 5.41) is 1.84. The van der Waals surface area contributed by atoms with Crippen molar-refractivity contribution in [3.05, 3.63) is 73.1 Å². The van der Waals surface area contributed by atoms with Crippen LogP contribution in [0, 0.1) is 6.92 Å². The van der Waals surface area contributed by atoms with E-state index < -0.39 is 5.63 Å². The van der Waals surface area contributed by atoms with Gasteiger partial charge >= 0.3 is 11.6 Å². The van der Waals surface area contributed by atoms with E-state index in [9.17, 15) is 9.59 Å². The number of ether oxygens (including phenoxy) is 2. The highest BCUT2D eigenvalue weighted by molar-refractivity contribution is 6.42. The number of fused-ring (bicyclic) bond motifs is 3. The Labute approximate surface area is 195 Å². The van der Waals surface area contributed by atoms with Gasteiger partial charge in [0.05, 0.1) is 22.2 Å². The van der Waals surface area contributed by atoms with Crippen LogP contribution < -0.4 is 10.4 Å². The maximum absolute atomic E-state index is 12.1. The van der Waals surface area contributed by atoms with Crippen LogP contribution in [-0.4, -0.2) is 24.2 Å². The van der Waals surface area contributed by atoms with Crippen molar-refractivity contribution >= 4 is 40.1 Å². The molecule has 2 aromatic carbocycles. The van der Waals surface area contributed by atoms with Gasteiger partial charge < -0.3 is 13.9 Å². The molecule has 8 heteroatoms. The van der Waals surface area contributed by atoms with Gasteiger partial charge in [-0.25, -0.2) is 4.79 Å². The Hall–Kier alpha value is -2.54. The summed E-state index contributed by atoms with van der Waals surface area (Å²) in [5.41, 5.74) is 3.62. The lowest BCUT2D eigenvalue weighted by Gasteiger charge is -2.31. The van der Waals surface area contributed by atoms with Gasteiger partial charge in [0.2, 0.25) is 0 Å². The van der Waals surface area contributed by atoms with Crippen molar-refractivity contribution in [3.63, 3.8) is 0 Å². The fourth-order valence-electron chi connectivity index (χ4n) is 3.96. The predicted octanol–water partition coefficient (Wildman–Crippen LogP) is 5.26. The number of halogens is 2. The fraction of sp³-hybridized carbons (Fsp3) is 0.333. The van der Waals surface area contributed by atoms with E-state index in [2.05, 4.69) is 4.90 Å². The maximum Gasteiger partial charge on any atom is 0.336 e. The lowest BCUT2D eigenvalue weighted by Crippen LogP contribution is -2.32. The Bertz CT molecular complexity index is 1240. The maximum atomic E-state index is 12.1. The van der Waals surface area contributed by atoms with Gasteiger partial charge in [-0.05, 0) is 55.2 Å². The number of hydrogen-bond donors (Lipinski definition) is 0. The molecule has 0 saturated heterocycles. The molecule has 0 aliphatic carbocycles. The van der Waals surface area contributed by atoms with E-state index in [-0.39, 0.29) is 12.4 Å². The zero-order valence-electron chi connectivity index (χ0n) is 17.9. The molecule has 32 heavy (non-hydrogen) atoms. The van der Waals surface area contributed by atoms with Gasteiger partial charge in [-0.2, -0.15) is 0 Å². The first-order valence-corrected chi connectivity index (χ1v) is 11.1. The minimum Gasteiger partial charge on any atom is -0.477 e. The van der Waals surface area contributed by atoms with Crippen molar-refractivity contribution in [2.45, 2.75) is 39.8 Å². The molecule has 168 valence electrons. The summed E-state index contributed by atoms with van der Waals surface area (Å²) in [6, 6.07) is 8.93. The van der Waals surface area contributed by atoms with Crippen LogP contribution >= 0.6 is 23.2 Å². The topological polar surface area (TPSA) is 69.0 Å². The molecule has 0 fully saturated rings. The van der Waals surface area contributed by atoms with Crippen molar-refractivity contribution in [1.82, 2.24) is 4.90 Å². The number of aryl methyl sites for hydroxylation is 2. The molecule has 2 heterocycles. The predicted molar refractivity (Wildman–Crippen MR) is 123 cm³/mol. The van der Waals surface area contributed by atoms with E-state index in [4.69, 9.17) is 37.1 Å². The largest absolute Gasteiger partial charge is 0.477 e. The first-order chi connectivity index (χ1) is 15.4. The van der Waals surface area contributed by atoms with Crippen LogP contribution in [0.2, 0.25) is 10.0 Å². The molecule has 0 saturated carbocycles. The van der Waals surface area contributed by atoms with Crippen molar-refractivity contribution < 1.29 is 18.7 Å². The van der Waals surface area contributed by atoms with Crippen molar-refractivity contribution in [2.24, 2.45) is 0 Å². The SMILES string of the molecule is CCOC(=O)CCc1cc2c(C)cc(=O)oc2c2c1OCN(Cc1ccc(Cl)c(Cl)c1)C2. The number of hydrogen-bond acceptors (Lipinski definition) is 6. The molecule has 0 N–H and O–H groups in total. The molecule has 3 aromatic rings. The second-order valence-corrected chi connectivity index (χ2v) is 8.60. The van der Waals surface area contributed by atoms with E-state index in [1.807, 2.05) is 25.1 Å². The first-order valence-electron chi connectivity index (χ1n) is 10.4. The second kappa shape index (κ2) is 9.53. The van der Waals surface area contributed by atoms with Crippen LogP contribution in [0.25, 0.3) is 11.0 Å². The van der Waals surface area contributed by atoms with Gasteiger partial charge in [0.15, 0.2) is 0 Å². The number of carbonyl (C=O) groups excluding carboxylic acids is 1. The summed E-state index contributed by atoms with van der Waals surface area (Å²) in [6.07, 6.45) is 0.723. The molecule has 4 rings (SSSR count). The van der Waals surface area contributed by atoms with E-state index in [0.717, 1.165) is 27.6 Å². The van der Waals surface area contributed by atoms with Gasteiger partial charge in [-0.1, -0.05) is 29.3 Å². The van der Waals surface area contributed by atoms with Gasteiger partial charge in [0.25, 0.3) is 0 Å². The molecule has 6 nitrogen and oxygen atoms in total. The van der Waals surface area contributed by atoms with Crippen LogP contribution in [-0.2, 0) is 29.0 Å². The Morgan fingerprint density at radius 2 is 2.00 bits per heavy atom. The molecule has 0 atom stereocenters. The normalized spacial score (nSPS) is 13.6. The van der Waals surface area contributed by atoms with Crippen molar-refractivity contribution in [3.8, 4) is 5.75 Å². The quantitative estimate of drug-likeness (QED) is 0.357. The van der Waals surface area contributed by atoms with Crippen molar-refractivity contribution in [1.29, 1.82) is 0 Å². The minimum atomic E-state index is -0.405. The molecular weight excluding hydrogens is 453 g/mol. The Morgan fingerprint density at radius 1 is 1.19 bits per heavy atom. The van der Waals surface area contributed by atoms with Gasteiger partial charge in [0.1, 0.15) is 18.1 Å². The summed E-state index contributed by atoms with van der Waals surface area (Å²) in [5.74, 6) is 0.413. The van der Waals surface area contributed by atoms with Gasteiger partial charge in [-0.3, -0.25) is 9.69 Å². The lowest BCUT2D eigenvalue weighted by molar-refractivity contribution is -0.143. The minimum absolute atomic E-state index is 0.248. The second-order valence-electron chi connectivity index (χ2n) is 7.78. The average Bonchev–Trinajstić information content (AvgIpc) is 2.75. The smallest absolute Gasteiger partial charge is 0.336 e. The number of benzene rings is 2. The molecular formula is C24H23Cl2NO5. The Morgan fingerprint density at radius 3 is 2.75 bits per heavy atom. The zero-order chi connectivity index (χ0) is 22.8. The number of nitrogens with zero attached hydrogens (tertiary/aromatic N) is 1. The molecule has 0 bridgehead atoms. The molecule has 1 aliphatic heterocycles. The lowest BCUT2D eigenvalue weighted by atomic mass is 9.97. The Balaban J connectivity index is 1.70. The van der Waals surface area contributed by atoms with Crippen LogP contribution in [0.4, 0.5) is 0 Å². The third kappa shape index (κ3) is 4.77. The molecule has 0 unspecified atom stereocenters. The van der Waals surface area contributed by atoms with Crippen molar-refractivity contribution in [2.75, 3.05) is 13.3 Å². The van der Waals surface area contributed by atoms with E-state index >= 15 is 0 Å². The van der Waals surface area contributed by atoms with Crippen LogP contribution in [0.15, 0.2) is 39.5 Å². The monoisotopic (exact) mass is 475 g/mol. The summed E-state index contributed by atoms with van der Waals surface area (Å²) in [6.45, 7) is 5.46. The fourth-order valence-corrected chi connectivity index (χ4v) is 4.28. The highest BCUT2D eigenvalue weighted by Crippen LogP contribution is 2.37. The number of esters is 1. The van der Waals surface area contributed by atoms with Gasteiger partial charge in [0, 0.05) is 31.0 Å². The van der Waals surface area contributed by atoms with Gasteiger partial charge in [-0.15, -0.1) is 0 Å². The van der Waals surface area contributed by atoms with Crippen LogP contribution in [0.3, 0.4) is 0 Å². The van der Waals surface area contributed by atoms with E-state index in [0.29, 0.717) is 54.2 Å². The third-order valence-corrected chi connectivity index (χ3v) is 6.17. The van der Waals surface area contributed by atoms with Crippen LogP contribution in [0.5, 0.6) is 5.75 Å². The zero-order valence-corrected chi connectivity index (χ0v) is 19.4. The van der Waals surface area contributed by atoms with E-state index in [1.54, 1.807) is 13.0 Å². The summed E-state index contributed by atoms with van der Waals surface area (Å²) < 4.78 is 16.8. The Kier molecular flexibility index (Phi) is 6.74. The first kappa shape index (κ1) is 22.6. The highest BCUT2D eigenvalue weighted by atomic mass is 35.5. The number of carbonyl (C=O) groups is 1.